The van der Waals surface area contributed by atoms with E-state index >= 15 is 0 Å². The molecule has 0 saturated heterocycles. The molecule has 14 heavy (non-hydrogen) atoms. The first-order valence-electron chi connectivity index (χ1n) is 5.20. The largest absolute Gasteiger partial charge is 0.162 e. The number of rotatable bonds is 2. The van der Waals surface area contributed by atoms with Crippen molar-refractivity contribution in [3.63, 3.8) is 0 Å². The van der Waals surface area contributed by atoms with Crippen molar-refractivity contribution in [1.29, 1.82) is 0 Å². The summed E-state index contributed by atoms with van der Waals surface area (Å²) in [6.45, 7) is 13.4. The molecular formula is C10H24B2S2. The molecule has 1 unspecified atom stereocenters. The minimum absolute atomic E-state index is 0.0409. The summed E-state index contributed by atoms with van der Waals surface area (Å²) < 4.78 is -0.288. The molecule has 0 spiro atoms. The number of hydrogen-bond donors (Lipinski definition) is 2. The topological polar surface area (TPSA) is 0 Å². The first kappa shape index (κ1) is 14.8. The average Bonchev–Trinajstić information content (AvgIpc) is 1.77. The monoisotopic (exact) mass is 230 g/mol. The Bertz CT molecular complexity index is 170. The highest BCUT2D eigenvalue weighted by atomic mass is 32.2. The van der Waals surface area contributed by atoms with Gasteiger partial charge in [-0.25, -0.2) is 0 Å². The van der Waals surface area contributed by atoms with Crippen LogP contribution in [-0.4, -0.2) is 19.8 Å². The molecule has 0 bridgehead atoms. The smallest absolute Gasteiger partial charge is 0.112 e. The van der Waals surface area contributed by atoms with Crippen molar-refractivity contribution in [3.8, 4) is 0 Å². The molecular weight excluding hydrogens is 206 g/mol. The molecule has 0 nitrogen and oxygen atoms in total. The molecule has 0 saturated carbocycles. The van der Waals surface area contributed by atoms with Gasteiger partial charge in [-0.15, -0.1) is 0 Å². The van der Waals surface area contributed by atoms with Crippen molar-refractivity contribution < 1.29 is 0 Å². The quantitative estimate of drug-likeness (QED) is 0.405. The summed E-state index contributed by atoms with van der Waals surface area (Å²) in [6, 6.07) is 0. The Balaban J connectivity index is 5.54. The summed E-state index contributed by atoms with van der Waals surface area (Å²) in [5, 5.41) is 0.211. The summed E-state index contributed by atoms with van der Waals surface area (Å²) in [5.41, 5.74) is 0.170. The van der Waals surface area contributed by atoms with E-state index in [2.05, 4.69) is 82.5 Å². The maximum Gasteiger partial charge on any atom is 0.112 e. The van der Waals surface area contributed by atoms with Gasteiger partial charge in [-0.1, -0.05) is 39.9 Å². The fourth-order valence-electron chi connectivity index (χ4n) is 2.55. The maximum atomic E-state index is 4.69. The van der Waals surface area contributed by atoms with E-state index in [0.29, 0.717) is 0 Å². The van der Waals surface area contributed by atoms with Gasteiger partial charge in [-0.2, -0.15) is 25.3 Å². The van der Waals surface area contributed by atoms with Gasteiger partial charge >= 0.3 is 0 Å². The van der Waals surface area contributed by atoms with Crippen LogP contribution in [0.4, 0.5) is 0 Å². The van der Waals surface area contributed by atoms with Gasteiger partial charge in [0.25, 0.3) is 0 Å². The van der Waals surface area contributed by atoms with Crippen LogP contribution in [0.2, 0.25) is 10.6 Å². The molecule has 0 N–H and O–H groups in total. The van der Waals surface area contributed by atoms with Gasteiger partial charge < -0.3 is 0 Å². The lowest BCUT2D eigenvalue weighted by Crippen LogP contribution is -2.48. The highest BCUT2D eigenvalue weighted by Crippen LogP contribution is 2.67. The molecule has 0 aromatic carbocycles. The minimum Gasteiger partial charge on any atom is -0.162 e. The van der Waals surface area contributed by atoms with Crippen LogP contribution in [0.1, 0.15) is 41.5 Å². The van der Waals surface area contributed by atoms with Gasteiger partial charge in [0, 0.05) is 0 Å². The third-order valence-electron chi connectivity index (χ3n) is 3.95. The van der Waals surface area contributed by atoms with Gasteiger partial charge in [0.15, 0.2) is 0 Å². The predicted molar refractivity (Wildman–Crippen MR) is 79.7 cm³/mol. The molecule has 0 aromatic heterocycles. The Morgan fingerprint density at radius 3 is 1.07 bits per heavy atom. The summed E-state index contributed by atoms with van der Waals surface area (Å²) >= 11 is 9.37. The molecule has 0 heterocycles. The summed E-state index contributed by atoms with van der Waals surface area (Å²) in [5.74, 6) is 0. The van der Waals surface area contributed by atoms with E-state index in [1.165, 1.54) is 0 Å². The molecule has 4 heteroatoms. The normalized spacial score (nSPS) is 19.1. The van der Waals surface area contributed by atoms with Crippen molar-refractivity contribution in [2.75, 3.05) is 0 Å². The molecule has 0 radical (unpaired) electrons. The first-order valence-corrected chi connectivity index (χ1v) is 6.09. The van der Waals surface area contributed by atoms with Crippen LogP contribution in [-0.2, 0) is 0 Å². The van der Waals surface area contributed by atoms with Crippen LogP contribution in [0.25, 0.3) is 0 Å². The number of thiol groups is 2. The van der Waals surface area contributed by atoms with Crippen molar-refractivity contribution >= 4 is 41.0 Å². The fourth-order valence-corrected chi connectivity index (χ4v) is 3.89. The second-order valence-corrected chi connectivity index (χ2v) is 8.79. The second kappa shape index (κ2) is 3.69. The van der Waals surface area contributed by atoms with E-state index in [9.17, 15) is 0 Å². The zero-order valence-corrected chi connectivity index (χ0v) is 12.7. The Kier molecular flexibility index (Phi) is 3.91. The molecule has 0 aliphatic carbocycles. The molecule has 0 amide bonds. The zero-order chi connectivity index (χ0) is 12.0. The number of hydrogen-bond acceptors (Lipinski definition) is 2. The Morgan fingerprint density at radius 1 is 0.786 bits per heavy atom. The second-order valence-electron chi connectivity index (χ2n) is 6.65. The lowest BCUT2D eigenvalue weighted by atomic mass is 9.37. The molecule has 0 aliphatic heterocycles. The molecule has 0 aromatic rings. The van der Waals surface area contributed by atoms with E-state index < -0.39 is 0 Å². The van der Waals surface area contributed by atoms with Gasteiger partial charge in [-0.05, 0) is 17.7 Å². The van der Waals surface area contributed by atoms with E-state index in [4.69, 9.17) is 0 Å². The third kappa shape index (κ3) is 2.32. The van der Waals surface area contributed by atoms with Crippen LogP contribution >= 0.6 is 25.3 Å². The Morgan fingerprint density at radius 2 is 1.07 bits per heavy atom. The summed E-state index contributed by atoms with van der Waals surface area (Å²) in [7, 11) is 4.55. The Labute approximate surface area is 103 Å². The molecule has 0 rings (SSSR count). The van der Waals surface area contributed by atoms with E-state index in [0.717, 1.165) is 0 Å². The van der Waals surface area contributed by atoms with E-state index in [1.54, 1.807) is 0 Å². The van der Waals surface area contributed by atoms with Crippen LogP contribution in [0.3, 0.4) is 0 Å². The van der Waals surface area contributed by atoms with Crippen molar-refractivity contribution in [2.24, 2.45) is 5.41 Å². The van der Waals surface area contributed by atoms with Crippen molar-refractivity contribution in [3.05, 3.63) is 0 Å². The lowest BCUT2D eigenvalue weighted by Gasteiger charge is -2.58. The minimum atomic E-state index is -0.288. The van der Waals surface area contributed by atoms with Gasteiger partial charge in [0.05, 0.1) is 4.08 Å². The molecule has 0 fully saturated rings. The fraction of sp³-hybridized carbons (Fsp3) is 1.00. The molecule has 1 atom stereocenters. The average molecular weight is 230 g/mol. The van der Waals surface area contributed by atoms with Crippen molar-refractivity contribution in [1.82, 2.24) is 0 Å². The summed E-state index contributed by atoms with van der Waals surface area (Å²) in [6.07, 6.45) is 0. The Hall–Kier alpha value is 0.830. The standard InChI is InChI=1S/C10H24B2S2/c1-7(2,3)10(12,8(4,5)11)9(6,13)14/h13-14H,11-12H2,1-6H3. The van der Waals surface area contributed by atoms with E-state index in [-0.39, 0.29) is 20.1 Å². The zero-order valence-electron chi connectivity index (χ0n) is 10.9. The lowest BCUT2D eigenvalue weighted by molar-refractivity contribution is 0.201. The van der Waals surface area contributed by atoms with E-state index in [1.807, 2.05) is 0 Å². The third-order valence-corrected chi connectivity index (χ3v) is 4.84. The highest BCUT2D eigenvalue weighted by Gasteiger charge is 2.54. The van der Waals surface area contributed by atoms with Crippen LogP contribution < -0.4 is 0 Å². The maximum absolute atomic E-state index is 4.69. The van der Waals surface area contributed by atoms with Crippen LogP contribution in [0.15, 0.2) is 0 Å². The SMILES string of the molecule is BC(C)(C)C(B)(C(C)(C)C)C(C)(S)S. The molecule has 82 valence electrons. The first-order chi connectivity index (χ1) is 5.75. The predicted octanol–water partition coefficient (Wildman–Crippen LogP) is 2.23. The summed E-state index contributed by atoms with van der Waals surface area (Å²) in [4.78, 5) is 0. The van der Waals surface area contributed by atoms with Gasteiger partial charge in [0.1, 0.15) is 15.7 Å². The van der Waals surface area contributed by atoms with Crippen LogP contribution in [0.5, 0.6) is 0 Å². The van der Waals surface area contributed by atoms with Crippen LogP contribution in [0, 0.1) is 5.41 Å². The van der Waals surface area contributed by atoms with Gasteiger partial charge in [-0.3, -0.25) is 0 Å². The highest BCUT2D eigenvalue weighted by molar-refractivity contribution is 8.00. The molecule has 0 aliphatic rings. The van der Waals surface area contributed by atoms with Gasteiger partial charge in [0.2, 0.25) is 0 Å². The van der Waals surface area contributed by atoms with Crippen molar-refractivity contribution in [2.45, 2.75) is 56.3 Å².